The summed E-state index contributed by atoms with van der Waals surface area (Å²) in [4.78, 5) is 26.7. The summed E-state index contributed by atoms with van der Waals surface area (Å²) in [7, 11) is 0. The van der Waals surface area contributed by atoms with Gasteiger partial charge >= 0.3 is 5.97 Å². The summed E-state index contributed by atoms with van der Waals surface area (Å²) in [5, 5.41) is 0. The molecule has 1 aromatic heterocycles. The van der Waals surface area contributed by atoms with Crippen LogP contribution in [0, 0.1) is 6.92 Å². The third-order valence-corrected chi connectivity index (χ3v) is 1.98. The number of rotatable bonds is 3. The van der Waals surface area contributed by atoms with Crippen molar-refractivity contribution in [3.8, 4) is 0 Å². The number of nitrogen functional groups attached to an aromatic ring is 1. The molecular formula is C10H13N3O3. The van der Waals surface area contributed by atoms with Gasteiger partial charge in [0.2, 0.25) is 0 Å². The SMILES string of the molecule is CCOC(=O)c1cc(C(=O)NN)cnc1C. The highest BCUT2D eigenvalue weighted by atomic mass is 16.5. The summed E-state index contributed by atoms with van der Waals surface area (Å²) in [6.45, 7) is 3.64. The fraction of sp³-hybridized carbons (Fsp3) is 0.300. The van der Waals surface area contributed by atoms with Gasteiger partial charge in [-0.2, -0.15) is 0 Å². The Balaban J connectivity index is 3.08. The maximum atomic E-state index is 11.5. The van der Waals surface area contributed by atoms with E-state index in [9.17, 15) is 9.59 Å². The number of nitrogens with two attached hydrogens (primary N) is 1. The van der Waals surface area contributed by atoms with Crippen LogP contribution in [0.4, 0.5) is 0 Å². The third kappa shape index (κ3) is 2.54. The van der Waals surface area contributed by atoms with Gasteiger partial charge in [0, 0.05) is 6.20 Å². The van der Waals surface area contributed by atoms with Gasteiger partial charge in [-0.3, -0.25) is 15.2 Å². The minimum atomic E-state index is -0.502. The minimum Gasteiger partial charge on any atom is -0.462 e. The molecule has 86 valence electrons. The Morgan fingerprint density at radius 2 is 2.25 bits per heavy atom. The number of esters is 1. The molecule has 16 heavy (non-hydrogen) atoms. The first-order valence-electron chi connectivity index (χ1n) is 4.74. The standard InChI is InChI=1S/C10H13N3O3/c1-3-16-10(15)8-4-7(9(14)13-11)5-12-6(8)2/h4-5H,3,11H2,1-2H3,(H,13,14). The number of carbonyl (C=O) groups excluding carboxylic acids is 2. The highest BCUT2D eigenvalue weighted by Gasteiger charge is 2.14. The van der Waals surface area contributed by atoms with E-state index in [1.807, 2.05) is 5.43 Å². The first kappa shape index (κ1) is 12.1. The van der Waals surface area contributed by atoms with E-state index in [1.165, 1.54) is 12.3 Å². The predicted octanol–water partition coefficient (Wildman–Crippen LogP) is 0.170. The normalized spacial score (nSPS) is 9.69. The fourth-order valence-corrected chi connectivity index (χ4v) is 1.16. The summed E-state index contributed by atoms with van der Waals surface area (Å²) in [5.74, 6) is 3.98. The van der Waals surface area contributed by atoms with Gasteiger partial charge in [0.15, 0.2) is 0 Å². The van der Waals surface area contributed by atoms with E-state index in [-0.39, 0.29) is 17.7 Å². The first-order chi connectivity index (χ1) is 7.60. The van der Waals surface area contributed by atoms with E-state index in [4.69, 9.17) is 10.6 Å². The number of amides is 1. The molecule has 1 aromatic rings. The molecule has 0 unspecified atom stereocenters. The lowest BCUT2D eigenvalue weighted by molar-refractivity contribution is 0.0525. The van der Waals surface area contributed by atoms with Crippen LogP contribution in [0.15, 0.2) is 12.3 Å². The van der Waals surface area contributed by atoms with Gasteiger partial charge < -0.3 is 4.74 Å². The smallest absolute Gasteiger partial charge is 0.339 e. The number of hydrazine groups is 1. The molecule has 0 aliphatic rings. The number of hydrogen-bond acceptors (Lipinski definition) is 5. The Kier molecular flexibility index (Phi) is 3.96. The molecule has 1 amide bonds. The van der Waals surface area contributed by atoms with Crippen molar-refractivity contribution in [1.29, 1.82) is 0 Å². The van der Waals surface area contributed by atoms with Crippen molar-refractivity contribution >= 4 is 11.9 Å². The molecule has 0 saturated heterocycles. The summed E-state index contributed by atoms with van der Waals surface area (Å²) in [6, 6.07) is 1.41. The monoisotopic (exact) mass is 223 g/mol. The Bertz CT molecular complexity index is 418. The number of nitrogens with one attached hydrogen (secondary N) is 1. The molecule has 3 N–H and O–H groups in total. The Hall–Kier alpha value is -1.95. The number of aromatic nitrogens is 1. The van der Waals surface area contributed by atoms with Crippen LogP contribution in [0.2, 0.25) is 0 Å². The van der Waals surface area contributed by atoms with Crippen molar-refractivity contribution < 1.29 is 14.3 Å². The zero-order valence-electron chi connectivity index (χ0n) is 9.11. The summed E-state index contributed by atoms with van der Waals surface area (Å²) >= 11 is 0. The van der Waals surface area contributed by atoms with E-state index in [0.717, 1.165) is 0 Å². The minimum absolute atomic E-state index is 0.219. The topological polar surface area (TPSA) is 94.3 Å². The van der Waals surface area contributed by atoms with Crippen LogP contribution in [-0.4, -0.2) is 23.5 Å². The zero-order valence-corrected chi connectivity index (χ0v) is 9.11. The summed E-state index contributed by atoms with van der Waals surface area (Å²) in [5.41, 5.74) is 2.96. The lowest BCUT2D eigenvalue weighted by Crippen LogP contribution is -2.30. The van der Waals surface area contributed by atoms with Gasteiger partial charge in [-0.25, -0.2) is 10.6 Å². The molecule has 0 atom stereocenters. The zero-order chi connectivity index (χ0) is 12.1. The molecule has 6 heteroatoms. The number of hydrogen-bond donors (Lipinski definition) is 2. The summed E-state index contributed by atoms with van der Waals surface area (Å²) in [6.07, 6.45) is 1.35. The van der Waals surface area contributed by atoms with Crippen LogP contribution < -0.4 is 11.3 Å². The maximum absolute atomic E-state index is 11.5. The lowest BCUT2D eigenvalue weighted by atomic mass is 10.1. The summed E-state index contributed by atoms with van der Waals surface area (Å²) < 4.78 is 4.84. The van der Waals surface area contributed by atoms with Crippen LogP contribution in [0.1, 0.15) is 33.3 Å². The van der Waals surface area contributed by atoms with Gasteiger partial charge in [-0.15, -0.1) is 0 Å². The number of carbonyl (C=O) groups is 2. The Labute approximate surface area is 92.8 Å². The van der Waals surface area contributed by atoms with E-state index >= 15 is 0 Å². The highest BCUT2D eigenvalue weighted by molar-refractivity contribution is 5.97. The van der Waals surface area contributed by atoms with Crippen LogP contribution in [0.3, 0.4) is 0 Å². The van der Waals surface area contributed by atoms with Gasteiger partial charge in [0.25, 0.3) is 5.91 Å². The molecule has 0 aliphatic carbocycles. The van der Waals surface area contributed by atoms with Crippen LogP contribution >= 0.6 is 0 Å². The molecule has 0 spiro atoms. The van der Waals surface area contributed by atoms with Crippen LogP contribution in [0.25, 0.3) is 0 Å². The molecule has 0 bridgehead atoms. The van der Waals surface area contributed by atoms with E-state index in [1.54, 1.807) is 13.8 Å². The van der Waals surface area contributed by atoms with Crippen molar-refractivity contribution in [2.45, 2.75) is 13.8 Å². The second-order valence-corrected chi connectivity index (χ2v) is 3.05. The number of ether oxygens (including phenoxy) is 1. The lowest BCUT2D eigenvalue weighted by Gasteiger charge is -2.06. The van der Waals surface area contributed by atoms with Gasteiger partial charge in [-0.05, 0) is 19.9 Å². The molecule has 0 aliphatic heterocycles. The van der Waals surface area contributed by atoms with E-state index in [0.29, 0.717) is 5.69 Å². The van der Waals surface area contributed by atoms with Crippen molar-refractivity contribution in [2.75, 3.05) is 6.61 Å². The van der Waals surface area contributed by atoms with Crippen molar-refractivity contribution in [3.05, 3.63) is 29.1 Å². The Morgan fingerprint density at radius 1 is 1.56 bits per heavy atom. The van der Waals surface area contributed by atoms with Crippen molar-refractivity contribution in [3.63, 3.8) is 0 Å². The van der Waals surface area contributed by atoms with Gasteiger partial charge in [-0.1, -0.05) is 0 Å². The largest absolute Gasteiger partial charge is 0.462 e. The fourth-order valence-electron chi connectivity index (χ4n) is 1.16. The van der Waals surface area contributed by atoms with Crippen LogP contribution in [0.5, 0.6) is 0 Å². The third-order valence-electron chi connectivity index (χ3n) is 1.98. The molecule has 6 nitrogen and oxygen atoms in total. The van der Waals surface area contributed by atoms with Crippen molar-refractivity contribution in [1.82, 2.24) is 10.4 Å². The molecule has 1 heterocycles. The molecule has 1 rings (SSSR count). The number of nitrogens with zero attached hydrogens (tertiary/aromatic N) is 1. The highest BCUT2D eigenvalue weighted by Crippen LogP contribution is 2.09. The Morgan fingerprint density at radius 3 is 2.81 bits per heavy atom. The average molecular weight is 223 g/mol. The van der Waals surface area contributed by atoms with Gasteiger partial charge in [0.05, 0.1) is 23.4 Å². The molecule has 0 aromatic carbocycles. The molecular weight excluding hydrogens is 210 g/mol. The quantitative estimate of drug-likeness (QED) is 0.329. The predicted molar refractivity (Wildman–Crippen MR) is 56.6 cm³/mol. The van der Waals surface area contributed by atoms with E-state index < -0.39 is 11.9 Å². The van der Waals surface area contributed by atoms with Crippen LogP contribution in [-0.2, 0) is 4.74 Å². The second-order valence-electron chi connectivity index (χ2n) is 3.05. The second kappa shape index (κ2) is 5.22. The molecule has 0 fully saturated rings. The molecule has 0 radical (unpaired) electrons. The van der Waals surface area contributed by atoms with Gasteiger partial charge in [0.1, 0.15) is 0 Å². The average Bonchev–Trinajstić information content (AvgIpc) is 2.29. The van der Waals surface area contributed by atoms with E-state index in [2.05, 4.69) is 4.98 Å². The maximum Gasteiger partial charge on any atom is 0.339 e. The van der Waals surface area contributed by atoms with Crippen molar-refractivity contribution in [2.24, 2.45) is 5.84 Å². The number of pyridine rings is 1. The molecule has 0 saturated carbocycles. The first-order valence-corrected chi connectivity index (χ1v) is 4.74. The number of aryl methyl sites for hydroxylation is 1.